The van der Waals surface area contributed by atoms with Crippen LogP contribution in [0, 0.1) is 0 Å². The van der Waals surface area contributed by atoms with Gasteiger partial charge in [-0.3, -0.25) is 14.3 Å². The molecule has 36 heavy (non-hydrogen) atoms. The standard InChI is InChI=1S/C23H41N5O6Si2/c1-12(2)35(13(3)4)31-10-16-19(33-36(34-35,14(5)6)15(7)8)18(29)22(32-16)28-11-25-17-20(28)26-23(24-9)27-21(17)30/h11-16,18-19,22,29H,10H2,1-9H3,(H2,24,26,27,30)/t16-,18?,19-,22+/m0/s1. The molecule has 2 saturated heterocycles. The summed E-state index contributed by atoms with van der Waals surface area (Å²) < 4.78 is 28.9. The molecule has 0 aliphatic carbocycles. The Bertz CT molecular complexity index is 1120. The van der Waals surface area contributed by atoms with E-state index in [0.717, 1.165) is 0 Å². The molecule has 1 unspecified atom stereocenters. The maximum Gasteiger partial charge on any atom is 0.335 e. The molecule has 2 aliphatic heterocycles. The first kappa shape index (κ1) is 27.4. The number of H-pyrrole nitrogens is 1. The Labute approximate surface area is 214 Å². The molecule has 0 spiro atoms. The maximum atomic E-state index is 12.5. The second kappa shape index (κ2) is 9.93. The number of ether oxygens (including phenoxy) is 1. The molecule has 2 aromatic rings. The molecule has 0 aromatic carbocycles. The van der Waals surface area contributed by atoms with Crippen molar-refractivity contribution in [1.82, 2.24) is 19.5 Å². The minimum Gasteiger partial charge on any atom is -0.414 e. The minimum atomic E-state index is -2.91. The van der Waals surface area contributed by atoms with Crippen molar-refractivity contribution >= 4 is 34.2 Å². The summed E-state index contributed by atoms with van der Waals surface area (Å²) in [6.45, 7) is 17.5. The number of anilines is 1. The predicted octanol–water partition coefficient (Wildman–Crippen LogP) is 3.38. The van der Waals surface area contributed by atoms with Gasteiger partial charge in [-0.25, -0.2) is 4.98 Å². The van der Waals surface area contributed by atoms with E-state index in [9.17, 15) is 9.90 Å². The average Bonchev–Trinajstić information content (AvgIpc) is 3.34. The van der Waals surface area contributed by atoms with Crippen LogP contribution in [-0.4, -0.2) is 73.7 Å². The molecule has 13 heteroatoms. The van der Waals surface area contributed by atoms with Gasteiger partial charge in [-0.05, 0) is 22.2 Å². The summed E-state index contributed by atoms with van der Waals surface area (Å²) in [4.78, 5) is 23.8. The molecule has 0 radical (unpaired) electrons. The molecule has 4 rings (SSSR count). The summed E-state index contributed by atoms with van der Waals surface area (Å²) in [5.41, 5.74) is 0.795. The van der Waals surface area contributed by atoms with Crippen LogP contribution >= 0.6 is 0 Å². The van der Waals surface area contributed by atoms with Gasteiger partial charge in [0, 0.05) is 7.05 Å². The molecule has 0 bridgehead atoms. The third-order valence-electron chi connectivity index (χ3n) is 7.58. The highest BCUT2D eigenvalue weighted by atomic mass is 28.5. The molecule has 11 nitrogen and oxygen atoms in total. The lowest BCUT2D eigenvalue weighted by Crippen LogP contribution is -2.65. The molecule has 0 amide bonds. The smallest absolute Gasteiger partial charge is 0.335 e. The molecule has 202 valence electrons. The lowest BCUT2D eigenvalue weighted by atomic mass is 10.1. The Hall–Kier alpha value is -1.62. The first-order chi connectivity index (χ1) is 16.9. The van der Waals surface area contributed by atoms with Crippen molar-refractivity contribution in [3.63, 3.8) is 0 Å². The number of fused-ring (bicyclic) bond motifs is 2. The first-order valence-corrected chi connectivity index (χ1v) is 16.8. The molecule has 2 fully saturated rings. The topological polar surface area (TPSA) is 133 Å². The van der Waals surface area contributed by atoms with Crippen molar-refractivity contribution in [3.05, 3.63) is 16.7 Å². The van der Waals surface area contributed by atoms with Gasteiger partial charge in [0.25, 0.3) is 5.56 Å². The van der Waals surface area contributed by atoms with Crippen LogP contribution < -0.4 is 10.9 Å². The SMILES string of the molecule is CNc1nc2c(ncn2[C@@H]2O[C@H]3CO[Si](C(C)C)(C(C)C)O[Si](C(C)C)(C(C)C)O[C@@H]3C2O)c(=O)[nH]1. The number of hydrogen-bond donors (Lipinski definition) is 3. The minimum absolute atomic E-state index is 0.128. The van der Waals surface area contributed by atoms with Crippen LogP contribution in [0.3, 0.4) is 0 Å². The number of aliphatic hydroxyl groups excluding tert-OH is 1. The summed E-state index contributed by atoms with van der Waals surface area (Å²) in [5.74, 6) is 0.302. The van der Waals surface area contributed by atoms with Gasteiger partial charge >= 0.3 is 17.1 Å². The van der Waals surface area contributed by atoms with Crippen molar-refractivity contribution in [3.8, 4) is 0 Å². The number of aliphatic hydroxyl groups is 1. The van der Waals surface area contributed by atoms with E-state index in [1.807, 2.05) is 0 Å². The number of nitrogens with one attached hydrogen (secondary N) is 2. The van der Waals surface area contributed by atoms with Crippen molar-refractivity contribution < 1.29 is 22.8 Å². The number of nitrogens with zero attached hydrogens (tertiary/aromatic N) is 3. The van der Waals surface area contributed by atoms with E-state index < -0.39 is 41.7 Å². The Morgan fingerprint density at radius 3 is 2.25 bits per heavy atom. The first-order valence-electron chi connectivity index (χ1n) is 12.9. The third-order valence-corrected chi connectivity index (χ3v) is 17.8. The molecule has 4 heterocycles. The Balaban J connectivity index is 1.79. The van der Waals surface area contributed by atoms with Crippen molar-refractivity contribution in [1.29, 1.82) is 0 Å². The number of imidazole rings is 1. The van der Waals surface area contributed by atoms with E-state index in [0.29, 0.717) is 11.6 Å². The van der Waals surface area contributed by atoms with Gasteiger partial charge in [0.05, 0.1) is 12.9 Å². The van der Waals surface area contributed by atoms with Gasteiger partial charge in [0.15, 0.2) is 17.4 Å². The van der Waals surface area contributed by atoms with Gasteiger partial charge < -0.3 is 28.1 Å². The van der Waals surface area contributed by atoms with Crippen LogP contribution in [0.25, 0.3) is 11.2 Å². The monoisotopic (exact) mass is 539 g/mol. The fraction of sp³-hybridized carbons (Fsp3) is 0.783. The highest BCUT2D eigenvalue weighted by Crippen LogP contribution is 2.48. The van der Waals surface area contributed by atoms with Crippen molar-refractivity contribution in [2.75, 3.05) is 19.0 Å². The summed E-state index contributed by atoms with van der Waals surface area (Å²) >= 11 is 0. The van der Waals surface area contributed by atoms with E-state index in [4.69, 9.17) is 17.7 Å². The predicted molar refractivity (Wildman–Crippen MR) is 141 cm³/mol. The van der Waals surface area contributed by atoms with Crippen molar-refractivity contribution in [2.45, 2.75) is 102 Å². The highest BCUT2D eigenvalue weighted by Gasteiger charge is 2.61. The summed E-state index contributed by atoms with van der Waals surface area (Å²) in [6.07, 6.45) is -1.55. The lowest BCUT2D eigenvalue weighted by Gasteiger charge is -2.51. The number of aromatic nitrogens is 4. The molecule has 2 aromatic heterocycles. The second-order valence-corrected chi connectivity index (χ2v) is 19.9. The van der Waals surface area contributed by atoms with Crippen LogP contribution in [0.15, 0.2) is 11.1 Å². The van der Waals surface area contributed by atoms with Gasteiger partial charge in [0.2, 0.25) is 5.95 Å². The van der Waals surface area contributed by atoms with Gasteiger partial charge in [-0.15, -0.1) is 0 Å². The van der Waals surface area contributed by atoms with Gasteiger partial charge in [0.1, 0.15) is 18.3 Å². The summed E-state index contributed by atoms with van der Waals surface area (Å²) in [7, 11) is -3.97. The molecular formula is C23H41N5O6Si2. The van der Waals surface area contributed by atoms with Crippen LogP contribution in [0.5, 0.6) is 0 Å². The van der Waals surface area contributed by atoms with Crippen LogP contribution in [0.4, 0.5) is 5.95 Å². The van der Waals surface area contributed by atoms with E-state index in [-0.39, 0.29) is 39.8 Å². The average molecular weight is 540 g/mol. The Kier molecular flexibility index (Phi) is 7.56. The zero-order chi connectivity index (χ0) is 26.6. The van der Waals surface area contributed by atoms with E-state index in [1.165, 1.54) is 6.33 Å². The zero-order valence-electron chi connectivity index (χ0n) is 22.7. The van der Waals surface area contributed by atoms with Crippen LogP contribution in [-0.2, 0) is 17.7 Å². The van der Waals surface area contributed by atoms with E-state index in [2.05, 4.69) is 75.7 Å². The van der Waals surface area contributed by atoms with Gasteiger partial charge in [-0.2, -0.15) is 4.98 Å². The molecular weight excluding hydrogens is 498 g/mol. The largest absolute Gasteiger partial charge is 0.414 e. The third kappa shape index (κ3) is 4.27. The fourth-order valence-corrected chi connectivity index (χ4v) is 16.8. The maximum absolute atomic E-state index is 12.5. The summed E-state index contributed by atoms with van der Waals surface area (Å²) in [5, 5.41) is 14.4. The fourth-order valence-electron chi connectivity index (χ4n) is 5.60. The Morgan fingerprint density at radius 1 is 1.08 bits per heavy atom. The van der Waals surface area contributed by atoms with E-state index >= 15 is 0 Å². The van der Waals surface area contributed by atoms with Crippen molar-refractivity contribution in [2.24, 2.45) is 0 Å². The van der Waals surface area contributed by atoms with Crippen LogP contribution in [0.1, 0.15) is 61.6 Å². The van der Waals surface area contributed by atoms with Gasteiger partial charge in [-0.1, -0.05) is 55.4 Å². The molecule has 4 atom stereocenters. The highest BCUT2D eigenvalue weighted by molar-refractivity contribution is 6.84. The number of rotatable bonds is 6. The quantitative estimate of drug-likeness (QED) is 0.473. The Morgan fingerprint density at radius 2 is 1.69 bits per heavy atom. The summed E-state index contributed by atoms with van der Waals surface area (Å²) in [6, 6.07) is 0. The number of hydrogen-bond acceptors (Lipinski definition) is 9. The lowest BCUT2D eigenvalue weighted by molar-refractivity contribution is -0.0570. The second-order valence-electron chi connectivity index (χ2n) is 11.1. The number of aromatic amines is 1. The normalized spacial score (nSPS) is 28.2. The van der Waals surface area contributed by atoms with E-state index in [1.54, 1.807) is 11.6 Å². The van der Waals surface area contributed by atoms with Crippen LogP contribution in [0.2, 0.25) is 22.2 Å². The zero-order valence-corrected chi connectivity index (χ0v) is 24.7. The molecule has 0 saturated carbocycles. The molecule has 2 aliphatic rings. The molecule has 3 N–H and O–H groups in total.